The van der Waals surface area contributed by atoms with Gasteiger partial charge in [0.05, 0.1) is 11.6 Å². The first-order chi connectivity index (χ1) is 26.7. The Hall–Kier alpha value is -4.94. The lowest BCUT2D eigenvalue weighted by Crippen LogP contribution is -2.44. The van der Waals surface area contributed by atoms with E-state index in [0.717, 1.165) is 77.8 Å². The molecule has 0 aliphatic carbocycles. The molecule has 0 radical (unpaired) electrons. The lowest BCUT2D eigenvalue weighted by Gasteiger charge is -2.23. The molecule has 0 spiro atoms. The zero-order chi connectivity index (χ0) is 39.1. The van der Waals surface area contributed by atoms with Gasteiger partial charge in [-0.15, -0.1) is 0 Å². The Morgan fingerprint density at radius 3 is 1.40 bits per heavy atom. The molecule has 3 saturated heterocycles. The van der Waals surface area contributed by atoms with Crippen molar-refractivity contribution in [3.05, 3.63) is 89.2 Å². The van der Waals surface area contributed by atoms with Gasteiger partial charge in [-0.05, 0) is 126 Å². The van der Waals surface area contributed by atoms with Gasteiger partial charge in [0, 0.05) is 29.2 Å². The molecule has 0 aromatic heterocycles. The maximum Gasteiger partial charge on any atom is 0.258 e. The molecule has 6 rings (SSSR count). The predicted molar refractivity (Wildman–Crippen MR) is 208 cm³/mol. The van der Waals surface area contributed by atoms with Crippen LogP contribution in [0.5, 0.6) is 17.2 Å². The van der Waals surface area contributed by atoms with Gasteiger partial charge in [-0.3, -0.25) is 14.4 Å². The summed E-state index contributed by atoms with van der Waals surface area (Å²) >= 11 is 5.83. The van der Waals surface area contributed by atoms with Crippen LogP contribution in [-0.4, -0.2) is 94.9 Å². The monoisotopic (exact) mass is 779 g/mol. The van der Waals surface area contributed by atoms with Crippen LogP contribution in [0.25, 0.3) is 0 Å². The number of ether oxygens (including phenoxy) is 3. The number of hydrogen-bond acceptors (Lipinski definition) is 10. The average Bonchev–Trinajstić information content (AvgIpc) is 3.20. The molecule has 0 atom stereocenters. The fraction of sp³-hybridized carbons (Fsp3) is 0.450. The van der Waals surface area contributed by atoms with Crippen LogP contribution in [0.4, 0.5) is 4.39 Å². The molecule has 3 aliphatic rings. The summed E-state index contributed by atoms with van der Waals surface area (Å²) in [6, 6.07) is 22.4. The van der Waals surface area contributed by atoms with Gasteiger partial charge in [0.2, 0.25) is 0 Å². The van der Waals surface area contributed by atoms with Crippen LogP contribution >= 0.6 is 11.6 Å². The quantitative estimate of drug-likeness (QED) is 0.160. The number of hydrogen-bond donors (Lipinski definition) is 6. The maximum absolute atomic E-state index is 12.9. The number of halogens is 2. The fourth-order valence-electron chi connectivity index (χ4n) is 5.92. The van der Waals surface area contributed by atoms with Crippen LogP contribution in [0.15, 0.2) is 72.8 Å². The Balaban J connectivity index is 0.000000184. The lowest BCUT2D eigenvalue weighted by atomic mass is 10.1. The van der Waals surface area contributed by atoms with E-state index in [0.29, 0.717) is 27.8 Å². The third kappa shape index (κ3) is 17.8. The topological polar surface area (TPSA) is 175 Å². The lowest BCUT2D eigenvalue weighted by molar-refractivity contribution is -0.124. The molecular weight excluding hydrogens is 729 g/mol. The van der Waals surface area contributed by atoms with Crippen molar-refractivity contribution in [2.24, 2.45) is 0 Å². The van der Waals surface area contributed by atoms with Gasteiger partial charge >= 0.3 is 0 Å². The summed E-state index contributed by atoms with van der Waals surface area (Å²) in [6.07, 6.45) is 5.73. The van der Waals surface area contributed by atoms with Gasteiger partial charge in [-0.2, -0.15) is 5.26 Å². The maximum atomic E-state index is 12.9. The van der Waals surface area contributed by atoms with E-state index in [9.17, 15) is 18.8 Å². The zero-order valence-electron chi connectivity index (χ0n) is 30.9. The second-order valence-electron chi connectivity index (χ2n) is 13.2. The standard InChI is InChI=1S/C14H17N3O2.C13H17ClN2O2.C13H17FN2O2/c15-9-11-2-1-3-13(8-11)19-10-14(18)17-12-4-6-16-7-5-12;2*14-10-2-1-3-12(8-10)18-9-13(17)16-11-4-6-15-7-5-11/h1-3,8,12,16H,4-7,10H2,(H,17,18);2*1-3,8,11,15H,4-7,9H2,(H,16,17). The van der Waals surface area contributed by atoms with E-state index in [-0.39, 0.29) is 61.5 Å². The smallest absolute Gasteiger partial charge is 0.258 e. The highest BCUT2D eigenvalue weighted by molar-refractivity contribution is 6.30. The minimum atomic E-state index is -0.369. The number of benzene rings is 3. The number of amides is 3. The molecule has 3 aliphatic heterocycles. The molecule has 55 heavy (non-hydrogen) atoms. The first-order valence-corrected chi connectivity index (χ1v) is 19.0. The van der Waals surface area contributed by atoms with Crippen molar-refractivity contribution in [3.8, 4) is 23.3 Å². The van der Waals surface area contributed by atoms with E-state index >= 15 is 0 Å². The average molecular weight is 780 g/mol. The number of carbonyl (C=O) groups is 3. The van der Waals surface area contributed by atoms with E-state index < -0.39 is 0 Å². The SMILES string of the molecule is N#Cc1cccc(OCC(=O)NC2CCNCC2)c1.O=C(COc1cccc(Cl)c1)NC1CCNCC1.O=C(COc1cccc(F)c1)NC1CCNCC1. The van der Waals surface area contributed by atoms with E-state index in [2.05, 4.69) is 31.9 Å². The molecule has 0 bridgehead atoms. The van der Waals surface area contributed by atoms with Crippen LogP contribution in [0.1, 0.15) is 44.1 Å². The van der Waals surface area contributed by atoms with E-state index in [1.165, 1.54) is 12.1 Å². The highest BCUT2D eigenvalue weighted by Gasteiger charge is 2.17. The summed E-state index contributed by atoms with van der Waals surface area (Å²) < 4.78 is 28.9. The van der Waals surface area contributed by atoms with Gasteiger partial charge in [-0.25, -0.2) is 4.39 Å². The Morgan fingerprint density at radius 2 is 1.00 bits per heavy atom. The van der Waals surface area contributed by atoms with Crippen LogP contribution in [-0.2, 0) is 14.4 Å². The molecule has 3 aromatic rings. The Morgan fingerprint density at radius 1 is 0.618 bits per heavy atom. The molecular formula is C40H51ClFN7O6. The second-order valence-corrected chi connectivity index (χ2v) is 13.6. The zero-order valence-corrected chi connectivity index (χ0v) is 31.7. The summed E-state index contributed by atoms with van der Waals surface area (Å²) in [4.78, 5) is 35.0. The first kappa shape index (κ1) is 42.8. The predicted octanol–water partition coefficient (Wildman–Crippen LogP) is 3.46. The molecule has 3 heterocycles. The van der Waals surface area contributed by atoms with E-state index in [4.69, 9.17) is 31.1 Å². The number of nitriles is 1. The summed E-state index contributed by atoms with van der Waals surface area (Å²) in [5.74, 6) is 0.798. The van der Waals surface area contributed by atoms with Crippen LogP contribution in [0.2, 0.25) is 5.02 Å². The Bertz CT molecular complexity index is 1600. The Labute approximate surface area is 327 Å². The molecule has 3 amide bonds. The minimum Gasteiger partial charge on any atom is -0.484 e. The molecule has 13 nitrogen and oxygen atoms in total. The van der Waals surface area contributed by atoms with Crippen molar-refractivity contribution in [1.82, 2.24) is 31.9 Å². The normalized spacial score (nSPS) is 16.0. The number of rotatable bonds is 12. The third-order valence-electron chi connectivity index (χ3n) is 8.78. The van der Waals surface area contributed by atoms with Crippen molar-refractivity contribution >= 4 is 29.3 Å². The largest absolute Gasteiger partial charge is 0.484 e. The number of nitrogens with zero attached hydrogens (tertiary/aromatic N) is 1. The van der Waals surface area contributed by atoms with Gasteiger partial charge in [0.15, 0.2) is 19.8 Å². The van der Waals surface area contributed by atoms with Crippen molar-refractivity contribution in [2.45, 2.75) is 56.7 Å². The summed E-state index contributed by atoms with van der Waals surface area (Å²) in [6.45, 7) is 5.59. The number of piperidine rings is 3. The van der Waals surface area contributed by atoms with E-state index in [1.54, 1.807) is 60.7 Å². The van der Waals surface area contributed by atoms with Crippen molar-refractivity contribution in [3.63, 3.8) is 0 Å². The minimum absolute atomic E-state index is 0.0151. The second kappa shape index (κ2) is 24.5. The number of nitrogens with one attached hydrogen (secondary N) is 6. The molecule has 0 saturated carbocycles. The molecule has 3 fully saturated rings. The molecule has 3 aromatic carbocycles. The van der Waals surface area contributed by atoms with Crippen LogP contribution in [0, 0.1) is 17.1 Å². The first-order valence-electron chi connectivity index (χ1n) is 18.7. The van der Waals surface area contributed by atoms with Crippen molar-refractivity contribution in [2.75, 3.05) is 59.1 Å². The Kier molecular flexibility index (Phi) is 19.0. The van der Waals surface area contributed by atoms with Crippen molar-refractivity contribution < 1.29 is 33.0 Å². The van der Waals surface area contributed by atoms with Crippen LogP contribution in [0.3, 0.4) is 0 Å². The molecule has 15 heteroatoms. The number of carbonyl (C=O) groups excluding carboxylic acids is 3. The van der Waals surface area contributed by atoms with Gasteiger partial charge in [-0.1, -0.05) is 29.8 Å². The van der Waals surface area contributed by atoms with Crippen molar-refractivity contribution in [1.29, 1.82) is 5.26 Å². The van der Waals surface area contributed by atoms with Gasteiger partial charge < -0.3 is 46.1 Å². The summed E-state index contributed by atoms with van der Waals surface area (Å²) in [5, 5.41) is 27.9. The van der Waals surface area contributed by atoms with E-state index in [1.807, 2.05) is 6.07 Å². The fourth-order valence-corrected chi connectivity index (χ4v) is 6.10. The highest BCUT2D eigenvalue weighted by Crippen LogP contribution is 2.17. The van der Waals surface area contributed by atoms with Gasteiger partial charge in [0.25, 0.3) is 17.7 Å². The summed E-state index contributed by atoms with van der Waals surface area (Å²) in [5.41, 5.74) is 0.524. The van der Waals surface area contributed by atoms with Gasteiger partial charge in [0.1, 0.15) is 23.1 Å². The summed E-state index contributed by atoms with van der Waals surface area (Å²) in [7, 11) is 0. The highest BCUT2D eigenvalue weighted by atomic mass is 35.5. The molecule has 0 unspecified atom stereocenters. The third-order valence-corrected chi connectivity index (χ3v) is 9.01. The molecule has 296 valence electrons. The van der Waals surface area contributed by atoms with Crippen LogP contribution < -0.4 is 46.1 Å². The molecule has 6 N–H and O–H groups in total.